The molecule has 1 aliphatic carbocycles. The molecule has 1 N–H and O–H groups in total. The van der Waals surface area contributed by atoms with Gasteiger partial charge in [0, 0.05) is 36.3 Å². The molecule has 0 spiro atoms. The first kappa shape index (κ1) is 21.7. The summed E-state index contributed by atoms with van der Waals surface area (Å²) < 4.78 is 16.5. The predicted octanol–water partition coefficient (Wildman–Crippen LogP) is 3.20. The molecule has 0 atom stereocenters. The normalized spacial score (nSPS) is 19.4. The summed E-state index contributed by atoms with van der Waals surface area (Å²) >= 11 is 0. The Morgan fingerprint density at radius 3 is 2.55 bits per heavy atom. The number of benzene rings is 1. The molecular formula is C23H34N2O4. The van der Waals surface area contributed by atoms with E-state index in [-0.39, 0.29) is 11.4 Å². The first-order chi connectivity index (χ1) is 14.1. The van der Waals surface area contributed by atoms with Gasteiger partial charge in [0.15, 0.2) is 11.5 Å². The highest BCUT2D eigenvalue weighted by atomic mass is 16.5. The summed E-state index contributed by atoms with van der Waals surface area (Å²) in [5, 5.41) is 3.22. The van der Waals surface area contributed by atoms with Crippen LogP contribution in [0, 0.1) is 0 Å². The van der Waals surface area contributed by atoms with E-state index in [9.17, 15) is 4.79 Å². The molecule has 1 aromatic rings. The molecular weight excluding hydrogens is 368 g/mol. The van der Waals surface area contributed by atoms with Gasteiger partial charge < -0.3 is 19.5 Å². The predicted molar refractivity (Wildman–Crippen MR) is 114 cm³/mol. The molecule has 0 unspecified atom stereocenters. The number of morpholine rings is 1. The van der Waals surface area contributed by atoms with Gasteiger partial charge in [-0.15, -0.1) is 6.58 Å². The summed E-state index contributed by atoms with van der Waals surface area (Å²) in [6.07, 6.45) is 8.37. The molecule has 2 fully saturated rings. The average Bonchev–Trinajstić information content (AvgIpc) is 2.78. The third-order valence-electron chi connectivity index (χ3n) is 6.23. The molecule has 1 aliphatic heterocycles. The van der Waals surface area contributed by atoms with Crippen LogP contribution < -0.4 is 14.8 Å². The number of allylic oxidation sites excluding steroid dienone is 1. The van der Waals surface area contributed by atoms with Gasteiger partial charge >= 0.3 is 0 Å². The Morgan fingerprint density at radius 2 is 1.93 bits per heavy atom. The van der Waals surface area contributed by atoms with E-state index in [1.54, 1.807) is 26.4 Å². The van der Waals surface area contributed by atoms with Crippen LogP contribution in [0.25, 0.3) is 0 Å². The summed E-state index contributed by atoms with van der Waals surface area (Å²) in [7, 11) is 3.20. The monoisotopic (exact) mass is 402 g/mol. The molecule has 0 bridgehead atoms. The number of hydrogen-bond acceptors (Lipinski definition) is 5. The van der Waals surface area contributed by atoms with Gasteiger partial charge in [0.1, 0.15) is 0 Å². The van der Waals surface area contributed by atoms with Gasteiger partial charge in [-0.05, 0) is 31.4 Å². The van der Waals surface area contributed by atoms with E-state index in [1.165, 1.54) is 19.3 Å². The summed E-state index contributed by atoms with van der Waals surface area (Å²) in [5.74, 6) is 1.15. The van der Waals surface area contributed by atoms with Crippen LogP contribution in [0.1, 0.15) is 48.0 Å². The van der Waals surface area contributed by atoms with E-state index in [2.05, 4.69) is 16.8 Å². The molecule has 0 radical (unpaired) electrons. The van der Waals surface area contributed by atoms with E-state index in [1.807, 2.05) is 6.07 Å². The van der Waals surface area contributed by atoms with Crippen molar-refractivity contribution >= 4 is 5.91 Å². The van der Waals surface area contributed by atoms with Crippen LogP contribution in [0.15, 0.2) is 24.8 Å². The molecule has 2 aliphatic rings. The zero-order valence-electron chi connectivity index (χ0n) is 17.8. The molecule has 6 heteroatoms. The number of rotatable bonds is 8. The molecule has 29 heavy (non-hydrogen) atoms. The largest absolute Gasteiger partial charge is 0.493 e. The van der Waals surface area contributed by atoms with Crippen LogP contribution in [0.5, 0.6) is 11.5 Å². The van der Waals surface area contributed by atoms with Crippen molar-refractivity contribution in [1.29, 1.82) is 0 Å². The molecule has 6 nitrogen and oxygen atoms in total. The number of ether oxygens (including phenoxy) is 3. The smallest absolute Gasteiger partial charge is 0.251 e. The molecule has 1 saturated carbocycles. The lowest BCUT2D eigenvalue weighted by Crippen LogP contribution is -2.59. The highest BCUT2D eigenvalue weighted by Gasteiger charge is 2.38. The first-order valence-electron chi connectivity index (χ1n) is 10.6. The van der Waals surface area contributed by atoms with Crippen molar-refractivity contribution in [2.75, 3.05) is 47.1 Å². The minimum Gasteiger partial charge on any atom is -0.493 e. The number of nitrogens with zero attached hydrogens (tertiary/aromatic N) is 1. The van der Waals surface area contributed by atoms with Crippen molar-refractivity contribution in [1.82, 2.24) is 10.2 Å². The van der Waals surface area contributed by atoms with Gasteiger partial charge in [0.2, 0.25) is 0 Å². The quantitative estimate of drug-likeness (QED) is 0.677. The van der Waals surface area contributed by atoms with Gasteiger partial charge in [-0.3, -0.25) is 9.69 Å². The zero-order chi connectivity index (χ0) is 20.7. The number of nitrogens with one attached hydrogen (secondary N) is 1. The summed E-state index contributed by atoms with van der Waals surface area (Å²) in [6.45, 7) is 7.90. The van der Waals surface area contributed by atoms with E-state index >= 15 is 0 Å². The Morgan fingerprint density at radius 1 is 1.21 bits per heavy atom. The van der Waals surface area contributed by atoms with Crippen LogP contribution in [-0.2, 0) is 11.2 Å². The van der Waals surface area contributed by atoms with E-state index < -0.39 is 0 Å². The lowest BCUT2D eigenvalue weighted by atomic mass is 9.79. The van der Waals surface area contributed by atoms with Crippen LogP contribution in [0.2, 0.25) is 0 Å². The Labute approximate surface area is 174 Å². The fraction of sp³-hybridized carbons (Fsp3) is 0.609. The second-order valence-corrected chi connectivity index (χ2v) is 7.93. The molecule has 0 aromatic heterocycles. The van der Waals surface area contributed by atoms with Crippen molar-refractivity contribution in [2.24, 2.45) is 0 Å². The number of carbonyl (C=O) groups is 1. The Bertz CT molecular complexity index is 707. The molecule has 160 valence electrons. The van der Waals surface area contributed by atoms with Gasteiger partial charge in [0.25, 0.3) is 5.91 Å². The minimum absolute atomic E-state index is 0.0399. The first-order valence-corrected chi connectivity index (χ1v) is 10.6. The third kappa shape index (κ3) is 4.93. The SMILES string of the molecule is C=CCc1cc(C(=O)NCC2(N3CCOCC3)CCCCC2)cc(OC)c1OC. The van der Waals surface area contributed by atoms with Crippen LogP contribution in [0.3, 0.4) is 0 Å². The third-order valence-corrected chi connectivity index (χ3v) is 6.23. The molecule has 1 saturated heterocycles. The molecule has 1 amide bonds. The zero-order valence-corrected chi connectivity index (χ0v) is 17.8. The highest BCUT2D eigenvalue weighted by Crippen LogP contribution is 2.35. The van der Waals surface area contributed by atoms with Crippen molar-refractivity contribution in [3.8, 4) is 11.5 Å². The Kier molecular flexibility index (Phi) is 7.56. The molecule has 1 aromatic carbocycles. The maximum Gasteiger partial charge on any atom is 0.251 e. The van der Waals surface area contributed by atoms with Crippen molar-refractivity contribution in [3.63, 3.8) is 0 Å². The van der Waals surface area contributed by atoms with E-state index in [4.69, 9.17) is 14.2 Å². The fourth-order valence-electron chi connectivity index (χ4n) is 4.68. The van der Waals surface area contributed by atoms with Crippen molar-refractivity contribution < 1.29 is 19.0 Å². The maximum atomic E-state index is 13.1. The highest BCUT2D eigenvalue weighted by molar-refractivity contribution is 5.95. The molecule has 1 heterocycles. The fourth-order valence-corrected chi connectivity index (χ4v) is 4.68. The molecule has 3 rings (SSSR count). The van der Waals surface area contributed by atoms with E-state index in [0.29, 0.717) is 30.0 Å². The minimum atomic E-state index is -0.0746. The van der Waals surface area contributed by atoms with Crippen molar-refractivity contribution in [2.45, 2.75) is 44.1 Å². The second-order valence-electron chi connectivity index (χ2n) is 7.93. The number of amides is 1. The van der Waals surface area contributed by atoms with Gasteiger partial charge in [-0.2, -0.15) is 0 Å². The van der Waals surface area contributed by atoms with Crippen LogP contribution >= 0.6 is 0 Å². The van der Waals surface area contributed by atoms with Crippen molar-refractivity contribution in [3.05, 3.63) is 35.9 Å². The van der Waals surface area contributed by atoms with Gasteiger partial charge in [-0.1, -0.05) is 25.3 Å². The Balaban J connectivity index is 1.77. The van der Waals surface area contributed by atoms with Crippen LogP contribution in [-0.4, -0.2) is 63.4 Å². The standard InChI is InChI=1S/C23H34N2O4/c1-4-8-18-15-19(16-20(27-2)21(18)28-3)22(26)24-17-23(9-6-5-7-10-23)25-11-13-29-14-12-25/h4,15-16H,1,5-14,17H2,2-3H3,(H,24,26). The Hall–Kier alpha value is -2.05. The lowest BCUT2D eigenvalue weighted by molar-refractivity contribution is -0.0361. The number of carbonyl (C=O) groups excluding carboxylic acids is 1. The summed E-state index contributed by atoms with van der Waals surface area (Å²) in [4.78, 5) is 15.6. The summed E-state index contributed by atoms with van der Waals surface area (Å²) in [6, 6.07) is 3.63. The van der Waals surface area contributed by atoms with Gasteiger partial charge in [-0.25, -0.2) is 0 Å². The average molecular weight is 403 g/mol. The topological polar surface area (TPSA) is 60.0 Å². The lowest BCUT2D eigenvalue weighted by Gasteiger charge is -2.48. The number of hydrogen-bond donors (Lipinski definition) is 1. The van der Waals surface area contributed by atoms with E-state index in [0.717, 1.165) is 44.7 Å². The maximum absolute atomic E-state index is 13.1. The van der Waals surface area contributed by atoms with Crippen LogP contribution in [0.4, 0.5) is 0 Å². The second kappa shape index (κ2) is 10.1. The summed E-state index contributed by atoms with van der Waals surface area (Å²) in [5.41, 5.74) is 1.53. The number of methoxy groups -OCH3 is 2. The van der Waals surface area contributed by atoms with Gasteiger partial charge in [0.05, 0.1) is 27.4 Å².